The largest absolute Gasteiger partial charge is 0.358 e. The van der Waals surface area contributed by atoms with Crippen molar-refractivity contribution in [1.82, 2.24) is 15.3 Å². The van der Waals surface area contributed by atoms with Crippen LogP contribution in [0.5, 0.6) is 0 Å². The van der Waals surface area contributed by atoms with Crippen LogP contribution in [0.4, 0.5) is 17.6 Å². The van der Waals surface area contributed by atoms with Crippen LogP contribution >= 0.6 is 12.2 Å². The maximum Gasteiger partial charge on any atom is 0.232 e. The smallest absolute Gasteiger partial charge is 0.232 e. The van der Waals surface area contributed by atoms with Gasteiger partial charge in [-0.05, 0) is 55.3 Å². The topological polar surface area (TPSA) is 56.3 Å². The van der Waals surface area contributed by atoms with Gasteiger partial charge >= 0.3 is 0 Å². The van der Waals surface area contributed by atoms with E-state index < -0.39 is 0 Å². The highest BCUT2D eigenvalue weighted by atomic mass is 32.1. The van der Waals surface area contributed by atoms with Crippen LogP contribution in [-0.2, 0) is 6.54 Å². The van der Waals surface area contributed by atoms with Crippen molar-refractivity contribution < 1.29 is 0 Å². The van der Waals surface area contributed by atoms with Crippen LogP contribution in [0.15, 0.2) is 36.4 Å². The normalized spacial score (nSPS) is 21.6. The fraction of sp³-hybridized carbons (Fsp3) is 0.542. The molecule has 1 aromatic carbocycles. The van der Waals surface area contributed by atoms with Crippen LogP contribution in [0.2, 0.25) is 0 Å². The van der Waals surface area contributed by atoms with Crippen LogP contribution < -0.4 is 20.4 Å². The Morgan fingerprint density at radius 1 is 0.968 bits per heavy atom. The monoisotopic (exact) mass is 438 g/mol. The second kappa shape index (κ2) is 10.3. The van der Waals surface area contributed by atoms with Gasteiger partial charge in [0.1, 0.15) is 11.6 Å². The number of aromatic nitrogens is 2. The summed E-state index contributed by atoms with van der Waals surface area (Å²) >= 11 is 5.54. The highest BCUT2D eigenvalue weighted by Gasteiger charge is 2.25. The first-order valence-corrected chi connectivity index (χ1v) is 12.0. The molecule has 2 aromatic rings. The Bertz CT molecular complexity index is 858. The van der Waals surface area contributed by atoms with E-state index in [-0.39, 0.29) is 0 Å². The maximum absolute atomic E-state index is 5.54. The Morgan fingerprint density at radius 3 is 2.29 bits per heavy atom. The summed E-state index contributed by atoms with van der Waals surface area (Å²) in [6.45, 7) is 9.52. The number of benzene rings is 1. The number of hydrogen-bond donors (Lipinski definition) is 2. The molecule has 6 nitrogen and oxygen atoms in total. The molecule has 2 N–H and O–H groups in total. The van der Waals surface area contributed by atoms with Crippen molar-refractivity contribution in [1.29, 1.82) is 0 Å². The number of nitrogens with zero attached hydrogens (tertiary/aromatic N) is 4. The molecule has 0 bridgehead atoms. The minimum Gasteiger partial charge on any atom is -0.358 e. The van der Waals surface area contributed by atoms with E-state index in [1.807, 2.05) is 18.2 Å². The molecule has 7 heteroatoms. The van der Waals surface area contributed by atoms with E-state index in [0.29, 0.717) is 29.4 Å². The van der Waals surface area contributed by atoms with Gasteiger partial charge in [-0.1, -0.05) is 44.2 Å². The van der Waals surface area contributed by atoms with Crippen molar-refractivity contribution in [3.63, 3.8) is 0 Å². The van der Waals surface area contributed by atoms with E-state index in [1.165, 1.54) is 31.2 Å². The molecule has 3 heterocycles. The van der Waals surface area contributed by atoms with Crippen LogP contribution in [0.1, 0.15) is 45.1 Å². The molecule has 2 unspecified atom stereocenters. The first-order valence-electron chi connectivity index (χ1n) is 11.5. The Labute approximate surface area is 191 Å². The van der Waals surface area contributed by atoms with Gasteiger partial charge in [-0.25, -0.2) is 0 Å². The molecule has 2 saturated heterocycles. The molecule has 0 amide bonds. The second-order valence-corrected chi connectivity index (χ2v) is 9.51. The standard InChI is InChI=1S/C24H34N6S/c1-18-13-19(2)17-30(16-18)22-14-21(29-11-7-4-8-12-29)26-23(27-22)28-24(31)25-15-20-9-5-3-6-10-20/h3,5-6,9-10,14,18-19H,4,7-8,11-13,15-17H2,1-2H3,(H2,25,26,27,28,31). The fourth-order valence-corrected chi connectivity index (χ4v) is 4.86. The average molecular weight is 439 g/mol. The van der Waals surface area contributed by atoms with Crippen molar-refractivity contribution >= 4 is 34.9 Å². The molecule has 166 valence electrons. The third-order valence-corrected chi connectivity index (χ3v) is 6.34. The van der Waals surface area contributed by atoms with Gasteiger partial charge in [0.25, 0.3) is 0 Å². The molecule has 31 heavy (non-hydrogen) atoms. The zero-order chi connectivity index (χ0) is 21.6. The van der Waals surface area contributed by atoms with Crippen molar-refractivity contribution in [3.8, 4) is 0 Å². The van der Waals surface area contributed by atoms with Gasteiger partial charge in [0, 0.05) is 38.8 Å². The molecule has 0 saturated carbocycles. The molecular formula is C24H34N6S. The summed E-state index contributed by atoms with van der Waals surface area (Å²) in [7, 11) is 0. The molecule has 2 aliphatic rings. The van der Waals surface area contributed by atoms with E-state index in [2.05, 4.69) is 52.5 Å². The Kier molecular flexibility index (Phi) is 7.22. The average Bonchev–Trinajstić information content (AvgIpc) is 2.78. The van der Waals surface area contributed by atoms with E-state index in [0.717, 1.165) is 37.8 Å². The highest BCUT2D eigenvalue weighted by molar-refractivity contribution is 7.80. The van der Waals surface area contributed by atoms with Crippen molar-refractivity contribution in [3.05, 3.63) is 42.0 Å². The molecule has 4 rings (SSSR count). The van der Waals surface area contributed by atoms with E-state index in [4.69, 9.17) is 22.2 Å². The highest BCUT2D eigenvalue weighted by Crippen LogP contribution is 2.29. The molecular weight excluding hydrogens is 404 g/mol. The number of hydrogen-bond acceptors (Lipinski definition) is 5. The second-order valence-electron chi connectivity index (χ2n) is 9.10. The molecule has 2 fully saturated rings. The first kappa shape index (κ1) is 21.8. The Morgan fingerprint density at radius 2 is 1.61 bits per heavy atom. The third-order valence-electron chi connectivity index (χ3n) is 6.09. The number of rotatable bonds is 5. The van der Waals surface area contributed by atoms with Gasteiger partial charge in [0.05, 0.1) is 0 Å². The van der Waals surface area contributed by atoms with Gasteiger partial charge in [-0.15, -0.1) is 0 Å². The van der Waals surface area contributed by atoms with Gasteiger partial charge in [0.2, 0.25) is 5.95 Å². The lowest BCUT2D eigenvalue weighted by Gasteiger charge is -2.36. The summed E-state index contributed by atoms with van der Waals surface area (Å²) in [6.07, 6.45) is 5.02. The van der Waals surface area contributed by atoms with Gasteiger partial charge in [0.15, 0.2) is 5.11 Å². The van der Waals surface area contributed by atoms with E-state index in [9.17, 15) is 0 Å². The zero-order valence-corrected chi connectivity index (χ0v) is 19.5. The minimum atomic E-state index is 0.547. The molecule has 0 radical (unpaired) electrons. The Hall–Kier alpha value is -2.41. The fourth-order valence-electron chi connectivity index (χ4n) is 4.70. The molecule has 1 aromatic heterocycles. The van der Waals surface area contributed by atoms with E-state index in [1.54, 1.807) is 0 Å². The van der Waals surface area contributed by atoms with Crippen molar-refractivity contribution in [2.45, 2.75) is 46.1 Å². The summed E-state index contributed by atoms with van der Waals surface area (Å²) in [6, 6.07) is 12.4. The van der Waals surface area contributed by atoms with Crippen LogP contribution in [0, 0.1) is 11.8 Å². The predicted octanol–water partition coefficient (Wildman–Crippen LogP) is 4.44. The zero-order valence-electron chi connectivity index (χ0n) is 18.7. The van der Waals surface area contributed by atoms with Crippen LogP contribution in [-0.4, -0.2) is 41.3 Å². The summed E-state index contributed by atoms with van der Waals surface area (Å²) in [4.78, 5) is 14.5. The lowest BCUT2D eigenvalue weighted by atomic mass is 9.92. The third kappa shape index (κ3) is 6.06. The molecule has 2 atom stereocenters. The SMILES string of the molecule is CC1CC(C)CN(c2cc(N3CCCCC3)nc(NC(=S)NCc3ccccc3)n2)C1. The summed E-state index contributed by atoms with van der Waals surface area (Å²) in [5, 5.41) is 7.06. The lowest BCUT2D eigenvalue weighted by Crippen LogP contribution is -2.40. The van der Waals surface area contributed by atoms with Gasteiger partial charge < -0.3 is 20.4 Å². The molecule has 0 aliphatic carbocycles. The number of thiocarbonyl (C=S) groups is 1. The molecule has 2 aliphatic heterocycles. The van der Waals surface area contributed by atoms with E-state index >= 15 is 0 Å². The number of anilines is 3. The number of piperidine rings is 2. The lowest BCUT2D eigenvalue weighted by molar-refractivity contribution is 0.355. The van der Waals surface area contributed by atoms with Crippen molar-refractivity contribution in [2.75, 3.05) is 41.3 Å². The summed E-state index contributed by atoms with van der Waals surface area (Å²) in [5.41, 5.74) is 1.19. The minimum absolute atomic E-state index is 0.547. The maximum atomic E-state index is 5.54. The van der Waals surface area contributed by atoms with Crippen molar-refractivity contribution in [2.24, 2.45) is 11.8 Å². The van der Waals surface area contributed by atoms with Gasteiger partial charge in [-0.2, -0.15) is 9.97 Å². The Balaban J connectivity index is 1.51. The van der Waals surface area contributed by atoms with Crippen LogP contribution in [0.3, 0.4) is 0 Å². The van der Waals surface area contributed by atoms with Crippen LogP contribution in [0.25, 0.3) is 0 Å². The number of nitrogens with one attached hydrogen (secondary N) is 2. The van der Waals surface area contributed by atoms with Gasteiger partial charge in [-0.3, -0.25) is 0 Å². The summed E-state index contributed by atoms with van der Waals surface area (Å²) in [5.74, 6) is 3.92. The predicted molar refractivity (Wildman–Crippen MR) is 133 cm³/mol. The first-order chi connectivity index (χ1) is 15.1. The summed E-state index contributed by atoms with van der Waals surface area (Å²) < 4.78 is 0. The molecule has 0 spiro atoms. The quantitative estimate of drug-likeness (QED) is 0.670.